The summed E-state index contributed by atoms with van der Waals surface area (Å²) in [6.07, 6.45) is 12.1. The van der Waals surface area contributed by atoms with Gasteiger partial charge >= 0.3 is 5.97 Å². The average molecular weight is 380 g/mol. The Bertz CT molecular complexity index is 917. The summed E-state index contributed by atoms with van der Waals surface area (Å²) in [5, 5.41) is 0. The Kier molecular flexibility index (Phi) is 4.01. The van der Waals surface area contributed by atoms with Gasteiger partial charge in [0.1, 0.15) is 0 Å². The molecule has 0 aliphatic heterocycles. The summed E-state index contributed by atoms with van der Waals surface area (Å²) in [6.45, 7) is 9.30. The van der Waals surface area contributed by atoms with Gasteiger partial charge in [-0.3, -0.25) is 14.4 Å². The maximum atomic E-state index is 12.7. The van der Waals surface area contributed by atoms with Crippen molar-refractivity contribution in [1.29, 1.82) is 0 Å². The highest BCUT2D eigenvalue weighted by Gasteiger charge is 2.65. The van der Waals surface area contributed by atoms with Gasteiger partial charge in [-0.15, -0.1) is 0 Å². The van der Waals surface area contributed by atoms with E-state index in [4.69, 9.17) is 4.74 Å². The molecule has 4 nitrogen and oxygen atoms in total. The minimum atomic E-state index is -1.05. The van der Waals surface area contributed by atoms with E-state index in [0.29, 0.717) is 12.8 Å². The van der Waals surface area contributed by atoms with E-state index in [1.807, 2.05) is 6.08 Å². The Labute approximate surface area is 166 Å². The maximum absolute atomic E-state index is 12.7. The fraction of sp³-hybridized carbons (Fsp3) is 0.542. The van der Waals surface area contributed by atoms with Crippen molar-refractivity contribution in [2.24, 2.45) is 22.7 Å². The molecule has 5 atom stereocenters. The van der Waals surface area contributed by atoms with Crippen LogP contribution in [0.3, 0.4) is 0 Å². The van der Waals surface area contributed by atoms with E-state index in [-0.39, 0.29) is 28.8 Å². The summed E-state index contributed by atoms with van der Waals surface area (Å²) < 4.78 is 5.78. The number of Topliss-reactive ketones (excluding diaryl/α,β-unsaturated/α-hetero) is 1. The van der Waals surface area contributed by atoms with Crippen LogP contribution in [-0.2, 0) is 19.1 Å². The molecule has 0 heterocycles. The van der Waals surface area contributed by atoms with Gasteiger partial charge in [0.25, 0.3) is 0 Å². The Morgan fingerprint density at radius 3 is 2.57 bits per heavy atom. The molecule has 0 amide bonds. The molecule has 0 unspecified atom stereocenters. The predicted molar refractivity (Wildman–Crippen MR) is 106 cm³/mol. The van der Waals surface area contributed by atoms with E-state index in [2.05, 4.69) is 32.9 Å². The zero-order valence-electron chi connectivity index (χ0n) is 17.3. The van der Waals surface area contributed by atoms with Crippen molar-refractivity contribution in [3.05, 3.63) is 47.1 Å². The predicted octanol–water partition coefficient (Wildman–Crippen LogP) is 4.27. The molecule has 0 radical (unpaired) electrons. The van der Waals surface area contributed by atoms with Crippen molar-refractivity contribution in [3.8, 4) is 0 Å². The van der Waals surface area contributed by atoms with Crippen LogP contribution < -0.4 is 0 Å². The first kappa shape index (κ1) is 19.1. The topological polar surface area (TPSA) is 60.4 Å². The van der Waals surface area contributed by atoms with Gasteiger partial charge in [-0.2, -0.15) is 0 Å². The van der Waals surface area contributed by atoms with Crippen LogP contribution in [0.2, 0.25) is 0 Å². The Morgan fingerprint density at radius 1 is 1.21 bits per heavy atom. The Morgan fingerprint density at radius 2 is 1.93 bits per heavy atom. The van der Waals surface area contributed by atoms with E-state index in [1.165, 1.54) is 12.5 Å². The molecule has 4 aliphatic carbocycles. The lowest BCUT2D eigenvalue weighted by atomic mass is 9.52. The Balaban J connectivity index is 1.85. The lowest BCUT2D eigenvalue weighted by Crippen LogP contribution is -2.55. The van der Waals surface area contributed by atoms with Crippen molar-refractivity contribution in [3.63, 3.8) is 0 Å². The zero-order chi connectivity index (χ0) is 20.5. The monoisotopic (exact) mass is 380 g/mol. The van der Waals surface area contributed by atoms with E-state index < -0.39 is 17.0 Å². The lowest BCUT2D eigenvalue weighted by molar-refractivity contribution is -0.179. The van der Waals surface area contributed by atoms with Gasteiger partial charge in [-0.25, -0.2) is 0 Å². The van der Waals surface area contributed by atoms with Gasteiger partial charge in [0, 0.05) is 23.7 Å². The quantitative estimate of drug-likeness (QED) is 0.530. The molecule has 28 heavy (non-hydrogen) atoms. The lowest BCUT2D eigenvalue weighted by Gasteiger charge is -2.53. The van der Waals surface area contributed by atoms with Crippen LogP contribution in [0, 0.1) is 22.7 Å². The van der Waals surface area contributed by atoms with Crippen molar-refractivity contribution < 1.29 is 19.1 Å². The standard InChI is InChI=1S/C24H28O4/c1-14-12-18-19(22(4)9-6-17(27)13-21(14)22)7-10-23(5)20(18)8-11-24(23,15(2)25)28-16(3)26/h6-7,9,12-13,18,20H,8,10-11H2,1-5H3/t18-,20+,22-,23+,24+/m1/s1. The van der Waals surface area contributed by atoms with Crippen molar-refractivity contribution in [1.82, 2.24) is 0 Å². The average Bonchev–Trinajstić information content (AvgIpc) is 2.90. The molecule has 4 aliphatic rings. The molecule has 0 aromatic heterocycles. The molecule has 148 valence electrons. The van der Waals surface area contributed by atoms with Crippen LogP contribution in [0.15, 0.2) is 47.1 Å². The van der Waals surface area contributed by atoms with Crippen LogP contribution in [-0.4, -0.2) is 23.1 Å². The number of carbonyl (C=O) groups is 3. The molecule has 1 saturated carbocycles. The summed E-state index contributed by atoms with van der Waals surface area (Å²) >= 11 is 0. The second-order valence-corrected chi connectivity index (χ2v) is 9.27. The Hall–Kier alpha value is -2.23. The highest BCUT2D eigenvalue weighted by Crippen LogP contribution is 2.65. The third kappa shape index (κ3) is 2.26. The van der Waals surface area contributed by atoms with Gasteiger partial charge in [0.05, 0.1) is 0 Å². The second-order valence-electron chi connectivity index (χ2n) is 9.27. The fourth-order valence-electron chi connectivity index (χ4n) is 6.47. The van der Waals surface area contributed by atoms with Crippen LogP contribution >= 0.6 is 0 Å². The third-order valence-corrected chi connectivity index (χ3v) is 7.85. The molecule has 0 N–H and O–H groups in total. The minimum Gasteiger partial charge on any atom is -0.451 e. The number of carbonyl (C=O) groups excluding carboxylic acids is 3. The summed E-state index contributed by atoms with van der Waals surface area (Å²) in [4.78, 5) is 36.6. The molecule has 4 rings (SSSR count). The van der Waals surface area contributed by atoms with E-state index >= 15 is 0 Å². The molecular weight excluding hydrogens is 352 g/mol. The van der Waals surface area contributed by atoms with Crippen molar-refractivity contribution in [2.45, 2.75) is 59.5 Å². The first-order chi connectivity index (χ1) is 13.0. The smallest absolute Gasteiger partial charge is 0.303 e. The summed E-state index contributed by atoms with van der Waals surface area (Å²) in [7, 11) is 0. The summed E-state index contributed by atoms with van der Waals surface area (Å²) in [5.41, 5.74) is 1.73. The van der Waals surface area contributed by atoms with E-state index in [1.54, 1.807) is 19.1 Å². The molecule has 0 aromatic rings. The molecule has 0 aromatic carbocycles. The van der Waals surface area contributed by atoms with Crippen LogP contribution in [0.1, 0.15) is 53.9 Å². The molecule has 4 heteroatoms. The van der Waals surface area contributed by atoms with Crippen LogP contribution in [0.5, 0.6) is 0 Å². The number of rotatable bonds is 2. The van der Waals surface area contributed by atoms with Crippen LogP contribution in [0.25, 0.3) is 0 Å². The second kappa shape index (κ2) is 5.88. The molecule has 0 bridgehead atoms. The third-order valence-electron chi connectivity index (χ3n) is 7.85. The largest absolute Gasteiger partial charge is 0.451 e. The van der Waals surface area contributed by atoms with E-state index in [9.17, 15) is 14.4 Å². The number of allylic oxidation sites excluding steroid dienone is 8. The maximum Gasteiger partial charge on any atom is 0.303 e. The van der Waals surface area contributed by atoms with Crippen molar-refractivity contribution >= 4 is 17.5 Å². The van der Waals surface area contributed by atoms with Crippen molar-refractivity contribution in [2.75, 3.05) is 0 Å². The number of esters is 1. The minimum absolute atomic E-state index is 0.0336. The molecule has 0 spiro atoms. The summed E-state index contributed by atoms with van der Waals surface area (Å²) in [6, 6.07) is 0. The van der Waals surface area contributed by atoms with Gasteiger partial charge in [-0.1, -0.05) is 30.7 Å². The van der Waals surface area contributed by atoms with Crippen LogP contribution in [0.4, 0.5) is 0 Å². The summed E-state index contributed by atoms with van der Waals surface area (Å²) in [5.74, 6) is -0.0268. The normalized spacial score (nSPS) is 41.2. The first-order valence-electron chi connectivity index (χ1n) is 10.1. The highest BCUT2D eigenvalue weighted by atomic mass is 16.6. The van der Waals surface area contributed by atoms with Gasteiger partial charge < -0.3 is 4.74 Å². The van der Waals surface area contributed by atoms with Gasteiger partial charge in [-0.05, 0) is 69.2 Å². The van der Waals surface area contributed by atoms with E-state index in [0.717, 1.165) is 17.6 Å². The first-order valence-corrected chi connectivity index (χ1v) is 10.1. The molecule has 1 fully saturated rings. The molecular formula is C24H28O4. The zero-order valence-corrected chi connectivity index (χ0v) is 17.3. The number of ketones is 2. The number of ether oxygens (including phenoxy) is 1. The number of hydrogen-bond donors (Lipinski definition) is 0. The number of fused-ring (bicyclic) bond motifs is 5. The molecule has 0 saturated heterocycles. The fourth-order valence-corrected chi connectivity index (χ4v) is 6.47. The highest BCUT2D eigenvalue weighted by molar-refractivity contribution is 6.02. The van der Waals surface area contributed by atoms with Gasteiger partial charge in [0.2, 0.25) is 0 Å². The number of hydrogen-bond acceptors (Lipinski definition) is 4. The SMILES string of the molecule is CC(=O)O[C@]1(C(C)=O)CC[C@H]2[C@@H]3C=C(C)C4=CC(=O)C=C[C@]4(C)C3=CC[C@@]21C. The van der Waals surface area contributed by atoms with Gasteiger partial charge in [0.15, 0.2) is 17.2 Å².